The van der Waals surface area contributed by atoms with Gasteiger partial charge in [-0.15, -0.1) is 0 Å². The molecule has 0 atom stereocenters. The molecule has 3 rings (SSSR count). The van der Waals surface area contributed by atoms with E-state index >= 15 is 0 Å². The van der Waals surface area contributed by atoms with Crippen LogP contribution in [0.25, 0.3) is 0 Å². The molecular weight excluding hydrogens is 320 g/mol. The highest BCUT2D eigenvalue weighted by molar-refractivity contribution is 5.94. The van der Waals surface area contributed by atoms with Gasteiger partial charge in [0.15, 0.2) is 0 Å². The van der Waals surface area contributed by atoms with Crippen LogP contribution >= 0.6 is 0 Å². The van der Waals surface area contributed by atoms with E-state index in [0.717, 1.165) is 37.0 Å². The van der Waals surface area contributed by atoms with Crippen LogP contribution in [-0.2, 0) is 5.54 Å². The van der Waals surface area contributed by atoms with Crippen LogP contribution in [0.1, 0.15) is 52.2 Å². The number of pyridine rings is 1. The fourth-order valence-electron chi connectivity index (χ4n) is 3.34. The molecular formula is C19H20N2O4. The molecule has 2 N–H and O–H groups in total. The average molecular weight is 340 g/mol. The first-order valence-corrected chi connectivity index (χ1v) is 8.21. The SMILES string of the molecule is COc1ccc(C2(NC(=O)c3cccc(C(=O)O)n3)CCCC2)cc1. The molecule has 0 bridgehead atoms. The van der Waals surface area contributed by atoms with Gasteiger partial charge in [-0.05, 0) is 42.7 Å². The Morgan fingerprint density at radius 3 is 2.32 bits per heavy atom. The molecule has 1 saturated carbocycles. The van der Waals surface area contributed by atoms with E-state index in [1.54, 1.807) is 7.11 Å². The Hall–Kier alpha value is -2.89. The number of aromatic carboxylic acids is 1. The molecule has 1 aliphatic carbocycles. The summed E-state index contributed by atoms with van der Waals surface area (Å²) in [5, 5.41) is 12.1. The van der Waals surface area contributed by atoms with Crippen molar-refractivity contribution >= 4 is 11.9 Å². The van der Waals surface area contributed by atoms with Crippen LogP contribution in [-0.4, -0.2) is 29.1 Å². The summed E-state index contributed by atoms with van der Waals surface area (Å²) < 4.78 is 5.20. The minimum atomic E-state index is -1.15. The molecule has 6 heteroatoms. The van der Waals surface area contributed by atoms with Gasteiger partial charge in [0.05, 0.1) is 12.6 Å². The van der Waals surface area contributed by atoms with Crippen molar-refractivity contribution in [3.63, 3.8) is 0 Å². The Morgan fingerprint density at radius 2 is 1.72 bits per heavy atom. The first-order valence-electron chi connectivity index (χ1n) is 8.21. The molecule has 1 fully saturated rings. The average Bonchev–Trinajstić information content (AvgIpc) is 3.11. The number of hydrogen-bond donors (Lipinski definition) is 2. The smallest absolute Gasteiger partial charge is 0.354 e. The molecule has 25 heavy (non-hydrogen) atoms. The number of carbonyl (C=O) groups is 2. The summed E-state index contributed by atoms with van der Waals surface area (Å²) >= 11 is 0. The zero-order chi connectivity index (χ0) is 17.9. The van der Waals surface area contributed by atoms with E-state index in [9.17, 15) is 9.59 Å². The number of nitrogens with zero attached hydrogens (tertiary/aromatic N) is 1. The molecule has 0 spiro atoms. The number of carbonyl (C=O) groups excluding carboxylic acids is 1. The molecule has 1 aliphatic rings. The van der Waals surface area contributed by atoms with Crippen molar-refractivity contribution in [1.82, 2.24) is 10.3 Å². The lowest BCUT2D eigenvalue weighted by molar-refractivity contribution is 0.0690. The molecule has 0 radical (unpaired) electrons. The number of hydrogen-bond acceptors (Lipinski definition) is 4. The maximum atomic E-state index is 12.7. The summed E-state index contributed by atoms with van der Waals surface area (Å²) in [6.45, 7) is 0. The van der Waals surface area contributed by atoms with Crippen molar-refractivity contribution in [2.75, 3.05) is 7.11 Å². The third kappa shape index (κ3) is 3.47. The molecule has 2 aromatic rings. The van der Waals surface area contributed by atoms with Crippen LogP contribution < -0.4 is 10.1 Å². The van der Waals surface area contributed by atoms with Crippen molar-refractivity contribution in [3.8, 4) is 5.75 Å². The van der Waals surface area contributed by atoms with Crippen LogP contribution in [0.5, 0.6) is 5.75 Å². The fraction of sp³-hybridized carbons (Fsp3) is 0.316. The molecule has 130 valence electrons. The number of carboxylic acids is 1. The summed E-state index contributed by atoms with van der Waals surface area (Å²) in [5.41, 5.74) is 0.537. The summed E-state index contributed by atoms with van der Waals surface area (Å²) in [7, 11) is 1.61. The molecule has 1 aromatic carbocycles. The normalized spacial score (nSPS) is 15.6. The minimum absolute atomic E-state index is 0.111. The van der Waals surface area contributed by atoms with Gasteiger partial charge in [-0.25, -0.2) is 9.78 Å². The predicted octanol–water partition coefficient (Wildman–Crippen LogP) is 2.99. The van der Waals surface area contributed by atoms with Crippen molar-refractivity contribution in [3.05, 3.63) is 59.4 Å². The van der Waals surface area contributed by atoms with Gasteiger partial charge in [-0.1, -0.05) is 31.0 Å². The van der Waals surface area contributed by atoms with Gasteiger partial charge in [0.1, 0.15) is 17.1 Å². The summed E-state index contributed by atoms with van der Waals surface area (Å²) in [6, 6.07) is 12.1. The Bertz CT molecular complexity index is 780. The lowest BCUT2D eigenvalue weighted by Gasteiger charge is -2.31. The van der Waals surface area contributed by atoms with E-state index < -0.39 is 11.5 Å². The molecule has 1 amide bonds. The molecule has 0 unspecified atom stereocenters. The third-order valence-electron chi connectivity index (χ3n) is 4.65. The lowest BCUT2D eigenvalue weighted by Crippen LogP contribution is -2.44. The number of methoxy groups -OCH3 is 1. The molecule has 1 aromatic heterocycles. The minimum Gasteiger partial charge on any atom is -0.497 e. The van der Waals surface area contributed by atoms with Gasteiger partial charge >= 0.3 is 5.97 Å². The van der Waals surface area contributed by atoms with Crippen molar-refractivity contribution < 1.29 is 19.4 Å². The highest BCUT2D eigenvalue weighted by Gasteiger charge is 2.37. The van der Waals surface area contributed by atoms with Crippen LogP contribution in [0.15, 0.2) is 42.5 Å². The Kier molecular flexibility index (Phi) is 4.70. The van der Waals surface area contributed by atoms with E-state index in [1.807, 2.05) is 24.3 Å². The second-order valence-corrected chi connectivity index (χ2v) is 6.19. The van der Waals surface area contributed by atoms with Gasteiger partial charge in [-0.3, -0.25) is 4.79 Å². The van der Waals surface area contributed by atoms with Crippen molar-refractivity contribution in [2.45, 2.75) is 31.2 Å². The van der Waals surface area contributed by atoms with Crippen molar-refractivity contribution in [2.24, 2.45) is 0 Å². The molecule has 0 saturated heterocycles. The number of ether oxygens (including phenoxy) is 1. The van der Waals surface area contributed by atoms with E-state index in [2.05, 4.69) is 10.3 Å². The van der Waals surface area contributed by atoms with E-state index in [1.165, 1.54) is 18.2 Å². The van der Waals surface area contributed by atoms with Gasteiger partial charge in [-0.2, -0.15) is 0 Å². The Labute approximate surface area is 145 Å². The van der Waals surface area contributed by atoms with E-state index in [-0.39, 0.29) is 17.3 Å². The number of carboxylic acid groups (broad SMARTS) is 1. The van der Waals surface area contributed by atoms with Gasteiger partial charge in [0.2, 0.25) is 0 Å². The fourth-order valence-corrected chi connectivity index (χ4v) is 3.34. The zero-order valence-electron chi connectivity index (χ0n) is 14.0. The van der Waals surface area contributed by atoms with Gasteiger partial charge < -0.3 is 15.2 Å². The third-order valence-corrected chi connectivity index (χ3v) is 4.65. The van der Waals surface area contributed by atoms with Crippen LogP contribution in [0.2, 0.25) is 0 Å². The number of aromatic nitrogens is 1. The maximum absolute atomic E-state index is 12.7. The van der Waals surface area contributed by atoms with Gasteiger partial charge in [0, 0.05) is 0 Å². The van der Waals surface area contributed by atoms with E-state index in [0.29, 0.717) is 0 Å². The molecule has 6 nitrogen and oxygen atoms in total. The molecule has 0 aliphatic heterocycles. The highest BCUT2D eigenvalue weighted by Crippen LogP contribution is 2.39. The summed E-state index contributed by atoms with van der Waals surface area (Å²) in [6.07, 6.45) is 3.72. The predicted molar refractivity (Wildman–Crippen MR) is 91.8 cm³/mol. The first kappa shape index (κ1) is 17.0. The second kappa shape index (κ2) is 6.93. The topological polar surface area (TPSA) is 88.5 Å². The van der Waals surface area contributed by atoms with Gasteiger partial charge in [0.25, 0.3) is 5.91 Å². The number of nitrogens with one attached hydrogen (secondary N) is 1. The number of benzene rings is 1. The number of amides is 1. The monoisotopic (exact) mass is 340 g/mol. The number of rotatable bonds is 5. The van der Waals surface area contributed by atoms with Crippen LogP contribution in [0.3, 0.4) is 0 Å². The maximum Gasteiger partial charge on any atom is 0.354 e. The van der Waals surface area contributed by atoms with Crippen LogP contribution in [0.4, 0.5) is 0 Å². The zero-order valence-corrected chi connectivity index (χ0v) is 14.0. The second-order valence-electron chi connectivity index (χ2n) is 6.19. The quantitative estimate of drug-likeness (QED) is 0.873. The Morgan fingerprint density at radius 1 is 1.08 bits per heavy atom. The Balaban J connectivity index is 1.87. The van der Waals surface area contributed by atoms with Crippen molar-refractivity contribution in [1.29, 1.82) is 0 Å². The highest BCUT2D eigenvalue weighted by atomic mass is 16.5. The summed E-state index contributed by atoms with van der Waals surface area (Å²) in [4.78, 5) is 27.7. The lowest BCUT2D eigenvalue weighted by atomic mass is 9.88. The van der Waals surface area contributed by atoms with E-state index in [4.69, 9.17) is 9.84 Å². The summed E-state index contributed by atoms with van der Waals surface area (Å²) in [5.74, 6) is -0.750. The van der Waals surface area contributed by atoms with Crippen LogP contribution in [0, 0.1) is 0 Å². The largest absolute Gasteiger partial charge is 0.497 e. The molecule has 1 heterocycles. The first-order chi connectivity index (χ1) is 12.0. The standard InChI is InChI=1S/C19H20N2O4/c1-25-14-9-7-13(8-10-14)19(11-2-3-12-19)21-17(22)15-5-4-6-16(20-15)18(23)24/h4-10H,2-3,11-12H2,1H3,(H,21,22)(H,23,24).